The maximum absolute atomic E-state index is 13.6. The summed E-state index contributed by atoms with van der Waals surface area (Å²) in [6.45, 7) is 10.0. The lowest BCUT2D eigenvalue weighted by Crippen LogP contribution is -2.54. The molecule has 16 heteroatoms. The fraction of sp³-hybridized carbons (Fsp3) is 0.500. The Kier molecular flexibility index (Phi) is 11.8. The van der Waals surface area contributed by atoms with Crippen molar-refractivity contribution in [3.05, 3.63) is 42.5 Å². The zero-order chi connectivity index (χ0) is 40.4. The van der Waals surface area contributed by atoms with Crippen molar-refractivity contribution in [2.24, 2.45) is 11.8 Å². The average molecular weight is 774 g/mol. The van der Waals surface area contributed by atoms with Crippen LogP contribution in [0.25, 0.3) is 22.2 Å². The molecule has 0 unspecified atom stereocenters. The molecule has 3 aliphatic heterocycles. The molecular weight excluding hydrogens is 722 g/mol. The highest BCUT2D eigenvalue weighted by Gasteiger charge is 2.40. The topological polar surface area (TPSA) is 190 Å². The smallest absolute Gasteiger partial charge is 0.407 e. The number of carbonyl (C=O) groups is 6. The number of likely N-dealkylation sites (tertiary alicyclic amines) is 2. The zero-order valence-electron chi connectivity index (χ0n) is 32.8. The Morgan fingerprint density at radius 3 is 1.71 bits per heavy atom. The number of rotatable bonds is 10. The molecular formula is C40H51N7O9. The van der Waals surface area contributed by atoms with Crippen LogP contribution in [0.2, 0.25) is 0 Å². The number of amides is 6. The predicted octanol–water partition coefficient (Wildman–Crippen LogP) is 4.84. The van der Waals surface area contributed by atoms with Gasteiger partial charge < -0.3 is 49.8 Å². The van der Waals surface area contributed by atoms with Crippen LogP contribution in [0.5, 0.6) is 5.75 Å². The van der Waals surface area contributed by atoms with Crippen LogP contribution in [0.4, 0.5) is 21.0 Å². The molecule has 0 spiro atoms. The van der Waals surface area contributed by atoms with Gasteiger partial charge in [0.25, 0.3) is 0 Å². The van der Waals surface area contributed by atoms with Gasteiger partial charge in [0.15, 0.2) is 6.23 Å². The van der Waals surface area contributed by atoms with Crippen LogP contribution in [0, 0.1) is 11.8 Å². The van der Waals surface area contributed by atoms with E-state index in [0.717, 1.165) is 22.2 Å². The lowest BCUT2D eigenvalue weighted by Gasteiger charge is -2.30. The van der Waals surface area contributed by atoms with E-state index in [1.807, 2.05) is 65.0 Å². The molecule has 16 nitrogen and oxygen atoms in total. The van der Waals surface area contributed by atoms with E-state index in [-0.39, 0.29) is 35.5 Å². The van der Waals surface area contributed by atoms with E-state index in [1.54, 1.807) is 12.1 Å². The number of benzene rings is 2. The maximum atomic E-state index is 13.6. The molecule has 3 aromatic rings. The van der Waals surface area contributed by atoms with Crippen molar-refractivity contribution in [2.45, 2.75) is 90.7 Å². The summed E-state index contributed by atoms with van der Waals surface area (Å²) in [7, 11) is 2.47. The maximum Gasteiger partial charge on any atom is 0.407 e. The second kappa shape index (κ2) is 16.5. The van der Waals surface area contributed by atoms with Gasteiger partial charge in [0.05, 0.1) is 25.4 Å². The fourth-order valence-electron chi connectivity index (χ4n) is 7.87. The number of hydrogen-bond donors (Lipinski definition) is 4. The van der Waals surface area contributed by atoms with Crippen LogP contribution in [-0.4, -0.2) is 102 Å². The summed E-state index contributed by atoms with van der Waals surface area (Å²) in [5.41, 5.74) is 3.70. The highest BCUT2D eigenvalue weighted by atomic mass is 16.5. The average Bonchev–Trinajstić information content (AvgIpc) is 3.94. The molecule has 6 rings (SSSR count). The molecule has 6 amide bonds. The molecule has 0 aliphatic carbocycles. The number of methoxy groups -OCH3 is 2. The first-order valence-electron chi connectivity index (χ1n) is 19.1. The van der Waals surface area contributed by atoms with Crippen LogP contribution in [0.3, 0.4) is 0 Å². The SMILES string of the molecule is COC(=O)N[C@H](C(=O)N1CCC[C@H]1C(=O)Nc1ccc2c(c1)O[C@H](C)n1c-2cc2cc(NC(=O)[C@@H]3CCCN3C(=O)[C@@H](NC(=O)OC)C(C)C)ccc21)C(C)C. The monoisotopic (exact) mass is 773 g/mol. The number of anilines is 2. The lowest BCUT2D eigenvalue weighted by molar-refractivity contribution is -0.139. The first kappa shape index (κ1) is 39.9. The number of nitrogens with one attached hydrogen (secondary N) is 4. The minimum Gasteiger partial charge on any atom is -0.470 e. The summed E-state index contributed by atoms with van der Waals surface area (Å²) >= 11 is 0. The van der Waals surface area contributed by atoms with E-state index < -0.39 is 42.6 Å². The van der Waals surface area contributed by atoms with Crippen molar-refractivity contribution in [1.82, 2.24) is 25.0 Å². The molecule has 3 aliphatic rings. The van der Waals surface area contributed by atoms with Gasteiger partial charge in [0, 0.05) is 41.5 Å². The van der Waals surface area contributed by atoms with Crippen molar-refractivity contribution < 1.29 is 43.0 Å². The molecule has 1 aromatic heterocycles. The van der Waals surface area contributed by atoms with Gasteiger partial charge in [-0.25, -0.2) is 9.59 Å². The minimum absolute atomic E-state index is 0.210. The van der Waals surface area contributed by atoms with E-state index in [9.17, 15) is 28.8 Å². The molecule has 4 N–H and O–H groups in total. The molecule has 0 saturated carbocycles. The Labute approximate surface area is 325 Å². The van der Waals surface area contributed by atoms with Gasteiger partial charge >= 0.3 is 12.2 Å². The van der Waals surface area contributed by atoms with Gasteiger partial charge in [0.2, 0.25) is 23.6 Å². The number of carbonyl (C=O) groups excluding carboxylic acids is 6. The molecule has 2 aromatic carbocycles. The Bertz CT molecular complexity index is 2030. The quantitative estimate of drug-likeness (QED) is 0.224. The van der Waals surface area contributed by atoms with Crippen LogP contribution in [0.1, 0.15) is 66.5 Å². The Morgan fingerprint density at radius 1 is 0.714 bits per heavy atom. The largest absolute Gasteiger partial charge is 0.470 e. The van der Waals surface area contributed by atoms with E-state index in [1.165, 1.54) is 24.0 Å². The molecule has 2 saturated heterocycles. The Balaban J connectivity index is 1.16. The molecule has 300 valence electrons. The first-order valence-corrected chi connectivity index (χ1v) is 19.1. The molecule has 0 bridgehead atoms. The van der Waals surface area contributed by atoms with Crippen molar-refractivity contribution in [3.8, 4) is 17.0 Å². The number of alkyl carbamates (subject to hydrolysis) is 2. The standard InChI is InChI=1S/C40H51N7O9/c1-21(2)33(43-39(52)54-6)37(50)45-16-8-10-29(45)35(48)41-25-13-15-28-24(18-25)19-31-27-14-12-26(20-32(27)56-23(5)47(28)31)42-36(49)30-11-9-17-46(30)38(51)34(22(3)4)44-40(53)55-7/h12-15,18-23,29-30,33-34H,8-11,16-17H2,1-7H3,(H,41,48)(H,42,49)(H,43,52)(H,44,53)/t23-,29+,30+,33+,34+/m1/s1. The number of fused-ring (bicyclic) bond motifs is 5. The summed E-state index contributed by atoms with van der Waals surface area (Å²) in [6, 6.07) is 10.0. The van der Waals surface area contributed by atoms with Crippen molar-refractivity contribution in [2.75, 3.05) is 37.9 Å². The number of ether oxygens (including phenoxy) is 3. The normalized spacial score (nSPS) is 19.8. The molecule has 56 heavy (non-hydrogen) atoms. The molecule has 5 atom stereocenters. The number of hydrogen-bond acceptors (Lipinski definition) is 9. The van der Waals surface area contributed by atoms with Gasteiger partial charge in [0.1, 0.15) is 29.9 Å². The van der Waals surface area contributed by atoms with Crippen LogP contribution >= 0.6 is 0 Å². The van der Waals surface area contributed by atoms with Gasteiger partial charge in [-0.3, -0.25) is 19.2 Å². The molecule has 2 fully saturated rings. The molecule has 0 radical (unpaired) electrons. The van der Waals surface area contributed by atoms with Crippen LogP contribution < -0.4 is 26.0 Å². The van der Waals surface area contributed by atoms with E-state index in [2.05, 4.69) is 25.8 Å². The Morgan fingerprint density at radius 2 is 1.21 bits per heavy atom. The lowest BCUT2D eigenvalue weighted by atomic mass is 10.0. The number of nitrogens with zero attached hydrogens (tertiary/aromatic N) is 3. The van der Waals surface area contributed by atoms with Crippen LogP contribution in [0.15, 0.2) is 42.5 Å². The number of aromatic nitrogens is 1. The van der Waals surface area contributed by atoms with Crippen molar-refractivity contribution in [3.63, 3.8) is 0 Å². The first-order chi connectivity index (χ1) is 26.7. The summed E-state index contributed by atoms with van der Waals surface area (Å²) in [6.07, 6.45) is 0.498. The summed E-state index contributed by atoms with van der Waals surface area (Å²) in [5.74, 6) is -1.14. The third-order valence-corrected chi connectivity index (χ3v) is 10.8. The second-order valence-electron chi connectivity index (χ2n) is 15.2. The van der Waals surface area contributed by atoms with Gasteiger partial charge in [-0.1, -0.05) is 27.7 Å². The van der Waals surface area contributed by atoms with Gasteiger partial charge in [-0.2, -0.15) is 0 Å². The van der Waals surface area contributed by atoms with Crippen molar-refractivity contribution >= 4 is 58.1 Å². The zero-order valence-corrected chi connectivity index (χ0v) is 32.8. The Hall–Kier alpha value is -5.80. The molecule has 4 heterocycles. The van der Waals surface area contributed by atoms with E-state index in [0.29, 0.717) is 55.9 Å². The van der Waals surface area contributed by atoms with Crippen LogP contribution in [-0.2, 0) is 28.7 Å². The third-order valence-electron chi connectivity index (χ3n) is 10.8. The minimum atomic E-state index is -0.831. The second-order valence-corrected chi connectivity index (χ2v) is 15.2. The highest BCUT2D eigenvalue weighted by molar-refractivity contribution is 6.02. The summed E-state index contributed by atoms with van der Waals surface area (Å²) in [4.78, 5) is 81.0. The fourth-order valence-corrected chi connectivity index (χ4v) is 7.87. The van der Waals surface area contributed by atoms with E-state index in [4.69, 9.17) is 14.2 Å². The van der Waals surface area contributed by atoms with Gasteiger partial charge in [-0.05, 0) is 80.8 Å². The predicted molar refractivity (Wildman–Crippen MR) is 208 cm³/mol. The highest BCUT2D eigenvalue weighted by Crippen LogP contribution is 2.43. The third kappa shape index (κ3) is 7.95. The van der Waals surface area contributed by atoms with Gasteiger partial charge in [-0.15, -0.1) is 0 Å². The van der Waals surface area contributed by atoms with Crippen molar-refractivity contribution in [1.29, 1.82) is 0 Å². The summed E-state index contributed by atoms with van der Waals surface area (Å²) < 4.78 is 17.8. The van der Waals surface area contributed by atoms with E-state index >= 15 is 0 Å². The summed E-state index contributed by atoms with van der Waals surface area (Å²) in [5, 5.41) is 12.0.